The fourth-order valence-corrected chi connectivity index (χ4v) is 3.42. The molecule has 1 aromatic carbocycles. The predicted octanol–water partition coefficient (Wildman–Crippen LogP) is 2.35. The number of amides is 1. The van der Waals surface area contributed by atoms with E-state index >= 15 is 0 Å². The van der Waals surface area contributed by atoms with Crippen LogP contribution in [0.15, 0.2) is 29.3 Å². The largest absolute Gasteiger partial charge is 0.378 e. The van der Waals surface area contributed by atoms with E-state index in [1.54, 1.807) is 0 Å². The van der Waals surface area contributed by atoms with Crippen LogP contribution >= 0.6 is 0 Å². The molecule has 0 aromatic heterocycles. The lowest BCUT2D eigenvalue weighted by atomic mass is 9.88. The molecule has 6 nitrogen and oxygen atoms in total. The van der Waals surface area contributed by atoms with Crippen molar-refractivity contribution in [1.82, 2.24) is 4.90 Å². The number of carbonyl (C=O) groups is 1. The van der Waals surface area contributed by atoms with Gasteiger partial charge in [-0.1, -0.05) is 31.4 Å². The number of aliphatic imine (C=N–C) groups is 1. The van der Waals surface area contributed by atoms with Crippen LogP contribution in [-0.4, -0.2) is 43.1 Å². The van der Waals surface area contributed by atoms with E-state index in [1.165, 1.54) is 6.42 Å². The van der Waals surface area contributed by atoms with Gasteiger partial charge in [0.05, 0.1) is 19.8 Å². The first-order chi connectivity index (χ1) is 12.2. The second-order valence-corrected chi connectivity index (χ2v) is 6.80. The fraction of sp³-hybridized carbons (Fsp3) is 0.579. The van der Waals surface area contributed by atoms with E-state index in [-0.39, 0.29) is 11.8 Å². The van der Waals surface area contributed by atoms with Crippen LogP contribution in [-0.2, 0) is 16.1 Å². The maximum Gasteiger partial charge on any atom is 0.227 e. The van der Waals surface area contributed by atoms with Crippen molar-refractivity contribution in [3.8, 4) is 0 Å². The third-order valence-corrected chi connectivity index (χ3v) is 4.93. The second kappa shape index (κ2) is 8.85. The van der Waals surface area contributed by atoms with E-state index in [2.05, 4.69) is 10.3 Å². The van der Waals surface area contributed by atoms with Gasteiger partial charge in [0.25, 0.3) is 0 Å². The summed E-state index contributed by atoms with van der Waals surface area (Å²) in [6.45, 7) is 3.47. The number of nitrogens with two attached hydrogens (primary N) is 1. The summed E-state index contributed by atoms with van der Waals surface area (Å²) < 4.78 is 5.32. The molecule has 0 spiro atoms. The lowest BCUT2D eigenvalue weighted by Gasteiger charge is -2.27. The van der Waals surface area contributed by atoms with Gasteiger partial charge in [-0.05, 0) is 30.5 Å². The number of nitrogens with one attached hydrogen (secondary N) is 1. The van der Waals surface area contributed by atoms with Crippen LogP contribution in [0.3, 0.4) is 0 Å². The molecule has 2 aliphatic rings. The minimum atomic E-state index is 0.146. The van der Waals surface area contributed by atoms with Crippen LogP contribution in [0.2, 0.25) is 0 Å². The first kappa shape index (κ1) is 17.7. The topological polar surface area (TPSA) is 79.9 Å². The van der Waals surface area contributed by atoms with Crippen molar-refractivity contribution >= 4 is 17.6 Å². The highest BCUT2D eigenvalue weighted by molar-refractivity contribution is 5.92. The van der Waals surface area contributed by atoms with E-state index in [4.69, 9.17) is 10.5 Å². The van der Waals surface area contributed by atoms with E-state index in [0.29, 0.717) is 25.7 Å². The van der Waals surface area contributed by atoms with Crippen molar-refractivity contribution in [2.24, 2.45) is 16.6 Å². The molecule has 1 heterocycles. The summed E-state index contributed by atoms with van der Waals surface area (Å²) in [5.41, 5.74) is 7.94. The van der Waals surface area contributed by atoms with Gasteiger partial charge in [0.15, 0.2) is 5.96 Å². The molecule has 1 saturated heterocycles. The Hall–Kier alpha value is -2.08. The van der Waals surface area contributed by atoms with Crippen LogP contribution < -0.4 is 11.1 Å². The number of carbonyl (C=O) groups excluding carboxylic acids is 1. The number of ether oxygens (including phenoxy) is 1. The van der Waals surface area contributed by atoms with Gasteiger partial charge in [-0.15, -0.1) is 0 Å². The van der Waals surface area contributed by atoms with Crippen LogP contribution in [0.25, 0.3) is 0 Å². The summed E-state index contributed by atoms with van der Waals surface area (Å²) in [5.74, 6) is 0.862. The van der Waals surface area contributed by atoms with Crippen molar-refractivity contribution in [1.29, 1.82) is 0 Å². The first-order valence-electron chi connectivity index (χ1n) is 9.25. The van der Waals surface area contributed by atoms with Crippen molar-refractivity contribution < 1.29 is 9.53 Å². The summed E-state index contributed by atoms with van der Waals surface area (Å²) in [6.07, 6.45) is 5.58. The molecular weight excluding hydrogens is 316 g/mol. The number of hydrogen-bond donors (Lipinski definition) is 2. The fourth-order valence-electron chi connectivity index (χ4n) is 3.42. The van der Waals surface area contributed by atoms with Crippen LogP contribution in [0, 0.1) is 5.92 Å². The molecule has 1 aromatic rings. The van der Waals surface area contributed by atoms with Crippen LogP contribution in [0.1, 0.15) is 37.7 Å². The Labute approximate surface area is 149 Å². The predicted molar refractivity (Wildman–Crippen MR) is 99.4 cm³/mol. The Balaban J connectivity index is 1.56. The van der Waals surface area contributed by atoms with Gasteiger partial charge in [-0.3, -0.25) is 4.79 Å². The normalized spacial score (nSPS) is 19.7. The average Bonchev–Trinajstić information content (AvgIpc) is 2.68. The van der Waals surface area contributed by atoms with Crippen molar-refractivity contribution in [3.63, 3.8) is 0 Å². The van der Waals surface area contributed by atoms with Gasteiger partial charge < -0.3 is 20.7 Å². The molecule has 1 aliphatic heterocycles. The minimum absolute atomic E-state index is 0.146. The molecule has 3 N–H and O–H groups in total. The number of guanidine groups is 1. The van der Waals surface area contributed by atoms with Crippen molar-refractivity contribution in [2.75, 3.05) is 31.6 Å². The SMILES string of the molecule is NC(=NCc1cccc(NC(=O)C2CCCCC2)c1)N1CCOCC1. The summed E-state index contributed by atoms with van der Waals surface area (Å²) in [6, 6.07) is 7.87. The number of rotatable bonds is 4. The molecule has 2 fully saturated rings. The van der Waals surface area contributed by atoms with E-state index in [9.17, 15) is 4.79 Å². The Morgan fingerprint density at radius 1 is 1.24 bits per heavy atom. The van der Waals surface area contributed by atoms with Crippen LogP contribution in [0.4, 0.5) is 5.69 Å². The molecule has 0 unspecified atom stereocenters. The summed E-state index contributed by atoms with van der Waals surface area (Å²) in [4.78, 5) is 18.9. The smallest absolute Gasteiger partial charge is 0.227 e. The molecule has 1 aliphatic carbocycles. The maximum atomic E-state index is 12.4. The summed E-state index contributed by atoms with van der Waals surface area (Å²) in [7, 11) is 0. The highest BCUT2D eigenvalue weighted by Gasteiger charge is 2.21. The Morgan fingerprint density at radius 2 is 2.00 bits per heavy atom. The van der Waals surface area contributed by atoms with Gasteiger partial charge in [0.2, 0.25) is 5.91 Å². The van der Waals surface area contributed by atoms with E-state index in [0.717, 1.165) is 50.0 Å². The standard InChI is InChI=1S/C19H28N4O2/c20-19(23-9-11-25-12-10-23)21-14-15-5-4-8-17(13-15)22-18(24)16-6-2-1-3-7-16/h4-5,8,13,16H,1-3,6-7,9-12,14H2,(H2,20,21)(H,22,24). The molecule has 3 rings (SSSR count). The molecule has 0 radical (unpaired) electrons. The molecule has 6 heteroatoms. The van der Waals surface area contributed by atoms with Gasteiger partial charge in [0.1, 0.15) is 0 Å². The zero-order valence-electron chi connectivity index (χ0n) is 14.7. The lowest BCUT2D eigenvalue weighted by molar-refractivity contribution is -0.120. The lowest BCUT2D eigenvalue weighted by Crippen LogP contribution is -2.44. The first-order valence-corrected chi connectivity index (χ1v) is 9.25. The number of morpholine rings is 1. The van der Waals surface area contributed by atoms with Gasteiger partial charge in [0, 0.05) is 24.7 Å². The van der Waals surface area contributed by atoms with Crippen molar-refractivity contribution in [2.45, 2.75) is 38.6 Å². The van der Waals surface area contributed by atoms with E-state index in [1.807, 2.05) is 29.2 Å². The number of benzene rings is 1. The molecule has 25 heavy (non-hydrogen) atoms. The van der Waals surface area contributed by atoms with Gasteiger partial charge in [-0.25, -0.2) is 4.99 Å². The molecular formula is C19H28N4O2. The van der Waals surface area contributed by atoms with Crippen molar-refractivity contribution in [3.05, 3.63) is 29.8 Å². The molecule has 0 atom stereocenters. The average molecular weight is 344 g/mol. The molecule has 0 bridgehead atoms. The Bertz CT molecular complexity index is 605. The third kappa shape index (κ3) is 5.19. The highest BCUT2D eigenvalue weighted by atomic mass is 16.5. The molecule has 1 amide bonds. The van der Waals surface area contributed by atoms with Gasteiger partial charge >= 0.3 is 0 Å². The summed E-state index contributed by atoms with van der Waals surface area (Å²) in [5, 5.41) is 3.06. The molecule has 136 valence electrons. The minimum Gasteiger partial charge on any atom is -0.378 e. The zero-order chi connectivity index (χ0) is 17.5. The van der Waals surface area contributed by atoms with Crippen LogP contribution in [0.5, 0.6) is 0 Å². The monoisotopic (exact) mass is 344 g/mol. The highest BCUT2D eigenvalue weighted by Crippen LogP contribution is 2.25. The number of hydrogen-bond acceptors (Lipinski definition) is 3. The second-order valence-electron chi connectivity index (χ2n) is 6.80. The third-order valence-electron chi connectivity index (χ3n) is 4.93. The Kier molecular flexibility index (Phi) is 6.28. The Morgan fingerprint density at radius 3 is 2.76 bits per heavy atom. The zero-order valence-corrected chi connectivity index (χ0v) is 14.7. The number of anilines is 1. The van der Waals surface area contributed by atoms with E-state index < -0.39 is 0 Å². The maximum absolute atomic E-state index is 12.4. The molecule has 1 saturated carbocycles. The quantitative estimate of drug-likeness (QED) is 0.649. The summed E-state index contributed by atoms with van der Waals surface area (Å²) >= 11 is 0. The van der Waals surface area contributed by atoms with Gasteiger partial charge in [-0.2, -0.15) is 0 Å². The number of nitrogens with zero attached hydrogens (tertiary/aromatic N) is 2.